The van der Waals surface area contributed by atoms with Crippen LogP contribution in [0.3, 0.4) is 0 Å². The molecule has 0 fully saturated rings. The van der Waals surface area contributed by atoms with E-state index in [1.54, 1.807) is 29.1 Å². The predicted molar refractivity (Wildman–Crippen MR) is 120 cm³/mol. The van der Waals surface area contributed by atoms with Crippen LogP contribution in [0.5, 0.6) is 0 Å². The predicted octanol–water partition coefficient (Wildman–Crippen LogP) is 2.44. The zero-order valence-corrected chi connectivity index (χ0v) is 18.9. The Morgan fingerprint density at radius 3 is 2.22 bits per heavy atom. The molecule has 0 radical (unpaired) electrons. The van der Waals surface area contributed by atoms with E-state index in [9.17, 15) is 19.5 Å². The van der Waals surface area contributed by atoms with Gasteiger partial charge in [-0.05, 0) is 47.6 Å². The van der Waals surface area contributed by atoms with Crippen LogP contribution in [0.1, 0.15) is 49.9 Å². The van der Waals surface area contributed by atoms with Crippen LogP contribution in [0.15, 0.2) is 42.7 Å². The fourth-order valence-corrected chi connectivity index (χ4v) is 3.39. The minimum atomic E-state index is -1.11. The van der Waals surface area contributed by atoms with Crippen molar-refractivity contribution >= 4 is 17.8 Å². The van der Waals surface area contributed by atoms with Crippen molar-refractivity contribution in [2.24, 2.45) is 5.41 Å². The number of carboxylic acid groups (broad SMARTS) is 1. The molecule has 0 aliphatic carbocycles. The van der Waals surface area contributed by atoms with Crippen LogP contribution in [0.4, 0.5) is 0 Å². The molecule has 8 nitrogen and oxygen atoms in total. The van der Waals surface area contributed by atoms with Crippen molar-refractivity contribution < 1.29 is 19.5 Å². The van der Waals surface area contributed by atoms with Gasteiger partial charge < -0.3 is 20.3 Å². The lowest BCUT2D eigenvalue weighted by atomic mass is 9.86. The summed E-state index contributed by atoms with van der Waals surface area (Å²) < 4.78 is 1.58. The first-order valence-corrected chi connectivity index (χ1v) is 10.4. The van der Waals surface area contributed by atoms with Gasteiger partial charge in [-0.25, -0.2) is 0 Å². The average Bonchev–Trinajstić information content (AvgIpc) is 3.21. The molecular weight excluding hydrogens is 408 g/mol. The normalized spacial score (nSPS) is 13.0. The lowest BCUT2D eigenvalue weighted by Gasteiger charge is -2.31. The summed E-state index contributed by atoms with van der Waals surface area (Å²) in [5, 5.41) is 23.5. The molecule has 0 saturated heterocycles. The number of aromatic nitrogens is 1. The number of amides is 2. The van der Waals surface area contributed by atoms with Crippen molar-refractivity contribution in [2.75, 3.05) is 7.05 Å². The number of likely N-dealkylation sites (N-methyl/N-ethyl adjacent to an activating group) is 1. The van der Waals surface area contributed by atoms with E-state index in [0.717, 1.165) is 17.5 Å². The van der Waals surface area contributed by atoms with Crippen LogP contribution >= 0.6 is 0 Å². The SMILES string of the molecule is CNC(=O)[C@@H](NC(=O)[C@@H](CC(=O)O)n1ccc(CCc2ccc(C#N)cc2)c1)C(C)(C)C. The second-order valence-corrected chi connectivity index (χ2v) is 8.81. The van der Waals surface area contributed by atoms with Crippen molar-refractivity contribution in [3.8, 4) is 6.07 Å². The standard InChI is InChI=1S/C24H30N4O4/c1-24(2,3)21(23(32)26-4)27-22(31)19(13-20(29)30)28-12-11-18(15-28)10-7-16-5-8-17(14-25)9-6-16/h5-6,8-9,11-12,15,19,21H,7,10,13H2,1-4H3,(H,26,32)(H,27,31)(H,29,30)/t19-,21-/m1/s1. The first kappa shape index (κ1) is 24.7. The van der Waals surface area contributed by atoms with Crippen LogP contribution in [-0.2, 0) is 27.2 Å². The minimum Gasteiger partial charge on any atom is -0.481 e. The maximum absolute atomic E-state index is 13.0. The number of aryl methyl sites for hydroxylation is 2. The van der Waals surface area contributed by atoms with Gasteiger partial charge in [0.25, 0.3) is 0 Å². The number of benzene rings is 1. The van der Waals surface area contributed by atoms with Gasteiger partial charge in [0.2, 0.25) is 11.8 Å². The summed E-state index contributed by atoms with van der Waals surface area (Å²) in [7, 11) is 1.49. The number of carbonyl (C=O) groups excluding carboxylic acids is 2. The summed E-state index contributed by atoms with van der Waals surface area (Å²) in [4.78, 5) is 36.7. The van der Waals surface area contributed by atoms with E-state index in [1.807, 2.05) is 39.0 Å². The van der Waals surface area contributed by atoms with Crippen molar-refractivity contribution in [3.05, 3.63) is 59.4 Å². The highest BCUT2D eigenvalue weighted by atomic mass is 16.4. The Morgan fingerprint density at radius 2 is 1.69 bits per heavy atom. The van der Waals surface area contributed by atoms with Crippen LogP contribution in [-0.4, -0.2) is 40.5 Å². The molecule has 1 aromatic heterocycles. The van der Waals surface area contributed by atoms with Crippen molar-refractivity contribution in [2.45, 2.75) is 52.1 Å². The van der Waals surface area contributed by atoms with Gasteiger partial charge >= 0.3 is 5.97 Å². The quantitative estimate of drug-likeness (QED) is 0.555. The van der Waals surface area contributed by atoms with Crippen molar-refractivity contribution in [1.29, 1.82) is 5.26 Å². The van der Waals surface area contributed by atoms with Crippen LogP contribution in [0.2, 0.25) is 0 Å². The molecule has 0 saturated carbocycles. The Bertz CT molecular complexity index is 996. The molecule has 0 unspecified atom stereocenters. The average molecular weight is 439 g/mol. The number of nitrogens with one attached hydrogen (secondary N) is 2. The Hall–Kier alpha value is -3.60. The maximum Gasteiger partial charge on any atom is 0.306 e. The fourth-order valence-electron chi connectivity index (χ4n) is 3.39. The lowest BCUT2D eigenvalue weighted by Crippen LogP contribution is -2.54. The molecule has 0 spiro atoms. The van der Waals surface area contributed by atoms with Gasteiger partial charge in [-0.3, -0.25) is 14.4 Å². The van der Waals surface area contributed by atoms with E-state index in [1.165, 1.54) is 7.05 Å². The summed E-state index contributed by atoms with van der Waals surface area (Å²) in [5.74, 6) is -1.97. The van der Waals surface area contributed by atoms with Gasteiger partial charge in [-0.2, -0.15) is 5.26 Å². The van der Waals surface area contributed by atoms with E-state index in [0.29, 0.717) is 12.0 Å². The van der Waals surface area contributed by atoms with E-state index in [2.05, 4.69) is 16.7 Å². The number of carbonyl (C=O) groups is 3. The molecular formula is C24H30N4O4. The molecule has 8 heteroatoms. The van der Waals surface area contributed by atoms with Crippen LogP contribution < -0.4 is 10.6 Å². The monoisotopic (exact) mass is 438 g/mol. The number of hydrogen-bond donors (Lipinski definition) is 3. The molecule has 2 aromatic rings. The van der Waals surface area contributed by atoms with E-state index >= 15 is 0 Å². The van der Waals surface area contributed by atoms with Gasteiger partial charge in [-0.1, -0.05) is 32.9 Å². The Labute approximate surface area is 188 Å². The minimum absolute atomic E-state index is 0.337. The first-order chi connectivity index (χ1) is 15.0. The van der Waals surface area contributed by atoms with Crippen LogP contribution in [0, 0.1) is 16.7 Å². The molecule has 1 heterocycles. The Kier molecular flexibility index (Phi) is 8.19. The molecule has 2 amide bonds. The lowest BCUT2D eigenvalue weighted by molar-refractivity contribution is -0.141. The number of nitriles is 1. The third-order valence-corrected chi connectivity index (χ3v) is 5.25. The first-order valence-electron chi connectivity index (χ1n) is 10.4. The van der Waals surface area contributed by atoms with E-state index in [-0.39, 0.29) is 5.91 Å². The van der Waals surface area contributed by atoms with E-state index < -0.39 is 35.8 Å². The molecule has 3 N–H and O–H groups in total. The Morgan fingerprint density at radius 1 is 1.06 bits per heavy atom. The summed E-state index contributed by atoms with van der Waals surface area (Å²) in [6, 6.07) is 9.51. The molecule has 2 atom stereocenters. The zero-order valence-electron chi connectivity index (χ0n) is 18.9. The molecule has 0 aliphatic rings. The number of carboxylic acids is 1. The largest absolute Gasteiger partial charge is 0.481 e. The Balaban J connectivity index is 2.15. The van der Waals surface area contributed by atoms with Gasteiger partial charge in [0.05, 0.1) is 18.1 Å². The highest BCUT2D eigenvalue weighted by Gasteiger charge is 2.35. The smallest absolute Gasteiger partial charge is 0.306 e. The maximum atomic E-state index is 13.0. The van der Waals surface area contributed by atoms with Gasteiger partial charge in [0.1, 0.15) is 12.1 Å². The summed E-state index contributed by atoms with van der Waals surface area (Å²) in [6.45, 7) is 5.49. The number of rotatable bonds is 9. The summed E-state index contributed by atoms with van der Waals surface area (Å²) in [6.07, 6.45) is 4.49. The van der Waals surface area contributed by atoms with Crippen LogP contribution in [0.25, 0.3) is 0 Å². The number of nitrogens with zero attached hydrogens (tertiary/aromatic N) is 2. The third kappa shape index (κ3) is 6.71. The summed E-state index contributed by atoms with van der Waals surface area (Å²) in [5.41, 5.74) is 2.09. The van der Waals surface area contributed by atoms with Gasteiger partial charge in [0.15, 0.2) is 0 Å². The van der Waals surface area contributed by atoms with Crippen molar-refractivity contribution in [1.82, 2.24) is 15.2 Å². The van der Waals surface area contributed by atoms with Gasteiger partial charge in [-0.15, -0.1) is 0 Å². The molecule has 0 bridgehead atoms. The third-order valence-electron chi connectivity index (χ3n) is 5.25. The molecule has 32 heavy (non-hydrogen) atoms. The van der Waals surface area contributed by atoms with E-state index in [4.69, 9.17) is 5.26 Å². The van der Waals surface area contributed by atoms with Crippen molar-refractivity contribution in [3.63, 3.8) is 0 Å². The second-order valence-electron chi connectivity index (χ2n) is 8.81. The molecule has 1 aromatic carbocycles. The van der Waals surface area contributed by atoms with Gasteiger partial charge in [0, 0.05) is 19.4 Å². The molecule has 170 valence electrons. The number of hydrogen-bond acceptors (Lipinski definition) is 4. The highest BCUT2D eigenvalue weighted by molar-refractivity contribution is 5.91. The summed E-state index contributed by atoms with van der Waals surface area (Å²) >= 11 is 0. The second kappa shape index (κ2) is 10.6. The number of aliphatic carboxylic acids is 1. The zero-order chi connectivity index (χ0) is 23.9. The topological polar surface area (TPSA) is 124 Å². The molecule has 2 rings (SSSR count). The fraction of sp³-hybridized carbons (Fsp3) is 0.417. The molecule has 0 aliphatic heterocycles. The highest BCUT2D eigenvalue weighted by Crippen LogP contribution is 2.22.